The van der Waals surface area contributed by atoms with Gasteiger partial charge in [-0.05, 0) is 29.7 Å². The molecular weight excluding hydrogens is 322 g/mol. The number of aryl methyl sites for hydroxylation is 1. The largest absolute Gasteiger partial charge is 0.309 e. The van der Waals surface area contributed by atoms with Crippen molar-refractivity contribution in [2.24, 2.45) is 0 Å². The highest BCUT2D eigenvalue weighted by molar-refractivity contribution is 6.30. The topological polar surface area (TPSA) is 46.9 Å². The maximum atomic E-state index is 12.0. The van der Waals surface area contributed by atoms with E-state index >= 15 is 0 Å². The quantitative estimate of drug-likeness (QED) is 0.733. The van der Waals surface area contributed by atoms with Crippen molar-refractivity contribution in [1.82, 2.24) is 9.78 Å². The van der Waals surface area contributed by atoms with Crippen LogP contribution in [0.15, 0.2) is 66.9 Å². The number of carbonyl (C=O) groups excluding carboxylic acids is 1. The average molecular weight is 340 g/mol. The second-order valence-corrected chi connectivity index (χ2v) is 6.00. The Morgan fingerprint density at radius 3 is 2.62 bits per heavy atom. The smallest absolute Gasteiger partial charge is 0.225 e. The molecule has 0 saturated carbocycles. The second kappa shape index (κ2) is 7.79. The molecule has 1 N–H and O–H groups in total. The molecule has 0 fully saturated rings. The Hall–Kier alpha value is -2.59. The van der Waals surface area contributed by atoms with Gasteiger partial charge in [0.2, 0.25) is 5.91 Å². The monoisotopic (exact) mass is 339 g/mol. The number of nitrogens with zero attached hydrogens (tertiary/aromatic N) is 2. The summed E-state index contributed by atoms with van der Waals surface area (Å²) in [5, 5.41) is 7.91. The molecule has 0 aliphatic carbocycles. The van der Waals surface area contributed by atoms with Crippen LogP contribution in [0.4, 0.5) is 5.82 Å². The number of amides is 1. The fraction of sp³-hybridized carbons (Fsp3) is 0.158. The van der Waals surface area contributed by atoms with Crippen molar-refractivity contribution in [3.63, 3.8) is 0 Å². The first-order chi connectivity index (χ1) is 11.7. The van der Waals surface area contributed by atoms with Crippen LogP contribution in [-0.2, 0) is 17.8 Å². The zero-order valence-electron chi connectivity index (χ0n) is 13.2. The van der Waals surface area contributed by atoms with Gasteiger partial charge < -0.3 is 5.32 Å². The van der Waals surface area contributed by atoms with Crippen LogP contribution in [0.2, 0.25) is 5.02 Å². The Kier molecular flexibility index (Phi) is 5.29. The summed E-state index contributed by atoms with van der Waals surface area (Å²) in [7, 11) is 0. The lowest BCUT2D eigenvalue weighted by Crippen LogP contribution is -2.13. The molecule has 0 spiro atoms. The van der Waals surface area contributed by atoms with E-state index in [9.17, 15) is 4.79 Å². The number of carbonyl (C=O) groups is 1. The van der Waals surface area contributed by atoms with Crippen molar-refractivity contribution in [3.8, 4) is 0 Å². The number of rotatable bonds is 6. The number of nitrogens with one attached hydrogen (secondary N) is 1. The molecule has 3 rings (SSSR count). The molecule has 0 unspecified atom stereocenters. The van der Waals surface area contributed by atoms with Gasteiger partial charge in [-0.2, -0.15) is 5.10 Å². The van der Waals surface area contributed by atoms with Gasteiger partial charge in [0.05, 0.1) is 6.54 Å². The van der Waals surface area contributed by atoms with Crippen LogP contribution < -0.4 is 5.32 Å². The number of benzene rings is 2. The summed E-state index contributed by atoms with van der Waals surface area (Å²) in [6.45, 7) is 0.612. The van der Waals surface area contributed by atoms with Crippen LogP contribution in [0.1, 0.15) is 17.5 Å². The molecule has 5 heteroatoms. The third kappa shape index (κ3) is 4.70. The predicted molar refractivity (Wildman–Crippen MR) is 96.2 cm³/mol. The third-order valence-corrected chi connectivity index (χ3v) is 3.86. The van der Waals surface area contributed by atoms with Crippen LogP contribution >= 0.6 is 11.6 Å². The van der Waals surface area contributed by atoms with Gasteiger partial charge in [-0.25, -0.2) is 0 Å². The van der Waals surface area contributed by atoms with Gasteiger partial charge in [-0.1, -0.05) is 54.1 Å². The summed E-state index contributed by atoms with van der Waals surface area (Å²) >= 11 is 5.98. The maximum absolute atomic E-state index is 12.0. The highest BCUT2D eigenvalue weighted by atomic mass is 35.5. The molecule has 122 valence electrons. The molecule has 0 saturated heterocycles. The molecule has 0 bridgehead atoms. The Bertz CT molecular complexity index is 814. The summed E-state index contributed by atoms with van der Waals surface area (Å²) in [4.78, 5) is 12.0. The summed E-state index contributed by atoms with van der Waals surface area (Å²) in [6.07, 6.45) is 2.99. The Morgan fingerprint density at radius 2 is 1.83 bits per heavy atom. The summed E-state index contributed by atoms with van der Waals surface area (Å²) < 4.78 is 1.78. The van der Waals surface area contributed by atoms with E-state index in [-0.39, 0.29) is 5.91 Å². The van der Waals surface area contributed by atoms with Gasteiger partial charge in [-0.15, -0.1) is 0 Å². The number of hydrogen-bond acceptors (Lipinski definition) is 2. The molecule has 0 aliphatic heterocycles. The van der Waals surface area contributed by atoms with E-state index in [0.29, 0.717) is 23.8 Å². The molecule has 2 aromatic carbocycles. The fourth-order valence-electron chi connectivity index (χ4n) is 2.45. The van der Waals surface area contributed by atoms with E-state index in [4.69, 9.17) is 11.6 Å². The molecule has 1 heterocycles. The normalized spacial score (nSPS) is 10.5. The number of anilines is 1. The SMILES string of the molecule is O=C(CCc1ccccc1)Nc1ccn(Cc2cccc(Cl)c2)n1. The first-order valence-electron chi connectivity index (χ1n) is 7.81. The Balaban J connectivity index is 1.53. The Labute approximate surface area is 146 Å². The summed E-state index contributed by atoms with van der Waals surface area (Å²) in [5.74, 6) is 0.530. The van der Waals surface area contributed by atoms with Crippen LogP contribution in [-0.4, -0.2) is 15.7 Å². The van der Waals surface area contributed by atoms with Crippen molar-refractivity contribution in [2.45, 2.75) is 19.4 Å². The minimum Gasteiger partial charge on any atom is -0.309 e. The fourth-order valence-corrected chi connectivity index (χ4v) is 2.66. The van der Waals surface area contributed by atoms with Gasteiger partial charge in [-0.3, -0.25) is 9.48 Å². The van der Waals surface area contributed by atoms with Gasteiger partial charge in [0.15, 0.2) is 5.82 Å². The van der Waals surface area contributed by atoms with Crippen LogP contribution in [0.25, 0.3) is 0 Å². The predicted octanol–water partition coefficient (Wildman–Crippen LogP) is 4.16. The van der Waals surface area contributed by atoms with Crippen LogP contribution in [0.5, 0.6) is 0 Å². The van der Waals surface area contributed by atoms with Crippen molar-refractivity contribution in [1.29, 1.82) is 0 Å². The molecule has 3 aromatic rings. The van der Waals surface area contributed by atoms with Gasteiger partial charge >= 0.3 is 0 Å². The molecule has 4 nitrogen and oxygen atoms in total. The Morgan fingerprint density at radius 1 is 1.04 bits per heavy atom. The molecule has 1 aromatic heterocycles. The number of aromatic nitrogens is 2. The average Bonchev–Trinajstić information content (AvgIpc) is 3.01. The van der Waals surface area contributed by atoms with E-state index in [2.05, 4.69) is 10.4 Å². The molecule has 0 atom stereocenters. The van der Waals surface area contributed by atoms with Crippen molar-refractivity contribution in [2.75, 3.05) is 5.32 Å². The maximum Gasteiger partial charge on any atom is 0.225 e. The van der Waals surface area contributed by atoms with Gasteiger partial charge in [0.25, 0.3) is 0 Å². The highest BCUT2D eigenvalue weighted by Crippen LogP contribution is 2.13. The standard InChI is InChI=1S/C19H18ClN3O/c20-17-8-4-7-16(13-17)14-23-12-11-18(22-23)21-19(24)10-9-15-5-2-1-3-6-15/h1-8,11-13H,9-10,14H2,(H,21,22,24). The van der Waals surface area contributed by atoms with Crippen molar-refractivity contribution >= 4 is 23.3 Å². The third-order valence-electron chi connectivity index (χ3n) is 3.63. The minimum atomic E-state index is -0.0353. The number of halogens is 1. The molecule has 24 heavy (non-hydrogen) atoms. The van der Waals surface area contributed by atoms with Crippen LogP contribution in [0, 0.1) is 0 Å². The van der Waals surface area contributed by atoms with E-state index in [1.54, 1.807) is 10.7 Å². The van der Waals surface area contributed by atoms with Crippen molar-refractivity contribution in [3.05, 3.63) is 83.0 Å². The minimum absolute atomic E-state index is 0.0353. The summed E-state index contributed by atoms with van der Waals surface area (Å²) in [6, 6.07) is 19.4. The molecule has 1 amide bonds. The second-order valence-electron chi connectivity index (χ2n) is 5.56. The summed E-state index contributed by atoms with van der Waals surface area (Å²) in [5.41, 5.74) is 2.21. The number of hydrogen-bond donors (Lipinski definition) is 1. The first-order valence-corrected chi connectivity index (χ1v) is 8.18. The van der Waals surface area contributed by atoms with E-state index in [0.717, 1.165) is 17.5 Å². The van der Waals surface area contributed by atoms with Crippen LogP contribution in [0.3, 0.4) is 0 Å². The zero-order valence-corrected chi connectivity index (χ0v) is 13.9. The zero-order chi connectivity index (χ0) is 16.8. The lowest BCUT2D eigenvalue weighted by Gasteiger charge is -2.04. The van der Waals surface area contributed by atoms with E-state index in [1.165, 1.54) is 0 Å². The highest BCUT2D eigenvalue weighted by Gasteiger charge is 2.06. The van der Waals surface area contributed by atoms with Crippen molar-refractivity contribution < 1.29 is 4.79 Å². The lowest BCUT2D eigenvalue weighted by molar-refractivity contribution is -0.116. The van der Waals surface area contributed by atoms with E-state index in [1.807, 2.05) is 60.8 Å². The van der Waals surface area contributed by atoms with Gasteiger partial charge in [0, 0.05) is 23.7 Å². The van der Waals surface area contributed by atoms with Gasteiger partial charge in [0.1, 0.15) is 0 Å². The molecule has 0 aliphatic rings. The molecule has 0 radical (unpaired) electrons. The van der Waals surface area contributed by atoms with E-state index < -0.39 is 0 Å². The lowest BCUT2D eigenvalue weighted by atomic mass is 10.1. The first kappa shape index (κ1) is 16.3. The molecular formula is C19H18ClN3O.